The SMILES string of the molecule is Cc1nc(C2CCCCC2N)cc(=O)[nH]1. The van der Waals surface area contributed by atoms with Crippen LogP contribution < -0.4 is 11.3 Å². The van der Waals surface area contributed by atoms with Crippen LogP contribution in [0.5, 0.6) is 0 Å². The summed E-state index contributed by atoms with van der Waals surface area (Å²) in [6.07, 6.45) is 4.47. The largest absolute Gasteiger partial charge is 0.327 e. The van der Waals surface area contributed by atoms with E-state index in [2.05, 4.69) is 9.97 Å². The molecule has 2 atom stereocenters. The number of aromatic nitrogens is 2. The monoisotopic (exact) mass is 207 g/mol. The van der Waals surface area contributed by atoms with E-state index in [9.17, 15) is 4.79 Å². The average Bonchev–Trinajstić information content (AvgIpc) is 2.16. The molecule has 4 heteroatoms. The first-order valence-corrected chi connectivity index (χ1v) is 5.50. The van der Waals surface area contributed by atoms with Crippen molar-refractivity contribution < 1.29 is 0 Å². The van der Waals surface area contributed by atoms with Gasteiger partial charge in [0.2, 0.25) is 0 Å². The number of nitrogens with zero attached hydrogens (tertiary/aromatic N) is 1. The molecule has 0 radical (unpaired) electrons. The highest BCUT2D eigenvalue weighted by Crippen LogP contribution is 2.30. The molecule has 2 rings (SSSR count). The molecule has 1 saturated carbocycles. The predicted molar refractivity (Wildman–Crippen MR) is 58.8 cm³/mol. The first kappa shape index (κ1) is 10.4. The minimum atomic E-state index is -0.0738. The van der Waals surface area contributed by atoms with Gasteiger partial charge in [0.15, 0.2) is 0 Å². The summed E-state index contributed by atoms with van der Waals surface area (Å²) in [6.45, 7) is 1.80. The number of aromatic amines is 1. The molecular formula is C11H17N3O. The van der Waals surface area contributed by atoms with Crippen LogP contribution in [0.3, 0.4) is 0 Å². The molecule has 1 aliphatic rings. The van der Waals surface area contributed by atoms with Gasteiger partial charge in [-0.05, 0) is 19.8 Å². The summed E-state index contributed by atoms with van der Waals surface area (Å²) in [7, 11) is 0. The van der Waals surface area contributed by atoms with Crippen LogP contribution in [0.4, 0.5) is 0 Å². The lowest BCUT2D eigenvalue weighted by atomic mass is 9.83. The first-order chi connectivity index (χ1) is 7.16. The van der Waals surface area contributed by atoms with E-state index in [-0.39, 0.29) is 17.5 Å². The Morgan fingerprint density at radius 2 is 2.20 bits per heavy atom. The maximum absolute atomic E-state index is 11.3. The van der Waals surface area contributed by atoms with E-state index in [1.165, 1.54) is 12.8 Å². The number of nitrogens with two attached hydrogens (primary N) is 1. The van der Waals surface area contributed by atoms with Crippen molar-refractivity contribution in [3.8, 4) is 0 Å². The summed E-state index contributed by atoms with van der Waals surface area (Å²) in [6, 6.07) is 1.75. The van der Waals surface area contributed by atoms with Gasteiger partial charge in [-0.15, -0.1) is 0 Å². The highest BCUT2D eigenvalue weighted by atomic mass is 16.1. The number of H-pyrrole nitrogens is 1. The lowest BCUT2D eigenvalue weighted by molar-refractivity contribution is 0.378. The average molecular weight is 207 g/mol. The normalized spacial score (nSPS) is 26.5. The molecule has 82 valence electrons. The Hall–Kier alpha value is -1.16. The zero-order valence-corrected chi connectivity index (χ0v) is 8.99. The molecule has 1 aromatic rings. The van der Waals surface area contributed by atoms with Gasteiger partial charge in [0.25, 0.3) is 5.56 Å². The topological polar surface area (TPSA) is 71.8 Å². The number of rotatable bonds is 1. The van der Waals surface area contributed by atoms with E-state index in [1.807, 2.05) is 0 Å². The summed E-state index contributed by atoms with van der Waals surface area (Å²) in [5.41, 5.74) is 6.85. The maximum Gasteiger partial charge on any atom is 0.251 e. The van der Waals surface area contributed by atoms with Gasteiger partial charge < -0.3 is 10.7 Å². The van der Waals surface area contributed by atoms with Gasteiger partial charge in [0.1, 0.15) is 5.82 Å². The Morgan fingerprint density at radius 3 is 2.87 bits per heavy atom. The van der Waals surface area contributed by atoms with Gasteiger partial charge >= 0.3 is 0 Å². The van der Waals surface area contributed by atoms with Crippen LogP contribution in [-0.2, 0) is 0 Å². The molecule has 0 saturated heterocycles. The zero-order valence-electron chi connectivity index (χ0n) is 8.99. The Kier molecular flexibility index (Phi) is 2.86. The second kappa shape index (κ2) is 4.14. The molecule has 2 unspecified atom stereocenters. The number of hydrogen-bond donors (Lipinski definition) is 2. The lowest BCUT2D eigenvalue weighted by Gasteiger charge is -2.27. The Morgan fingerprint density at radius 1 is 1.47 bits per heavy atom. The zero-order chi connectivity index (χ0) is 10.8. The number of nitrogens with one attached hydrogen (secondary N) is 1. The molecule has 1 fully saturated rings. The molecule has 0 spiro atoms. The molecule has 1 heterocycles. The third kappa shape index (κ3) is 2.26. The van der Waals surface area contributed by atoms with Crippen LogP contribution in [0.25, 0.3) is 0 Å². The van der Waals surface area contributed by atoms with Crippen molar-refractivity contribution in [2.75, 3.05) is 0 Å². The van der Waals surface area contributed by atoms with Gasteiger partial charge in [-0.3, -0.25) is 4.79 Å². The van der Waals surface area contributed by atoms with Gasteiger partial charge in [-0.25, -0.2) is 4.98 Å². The van der Waals surface area contributed by atoms with E-state index in [1.54, 1.807) is 13.0 Å². The fourth-order valence-corrected chi connectivity index (χ4v) is 2.32. The van der Waals surface area contributed by atoms with Crippen molar-refractivity contribution in [1.29, 1.82) is 0 Å². The quantitative estimate of drug-likeness (QED) is 0.723. The van der Waals surface area contributed by atoms with E-state index in [0.29, 0.717) is 5.82 Å². The third-order valence-corrected chi connectivity index (χ3v) is 3.08. The van der Waals surface area contributed by atoms with Gasteiger partial charge in [0, 0.05) is 18.0 Å². The highest BCUT2D eigenvalue weighted by Gasteiger charge is 2.24. The number of aryl methyl sites for hydroxylation is 1. The summed E-state index contributed by atoms with van der Waals surface area (Å²) >= 11 is 0. The van der Waals surface area contributed by atoms with E-state index < -0.39 is 0 Å². The number of hydrogen-bond acceptors (Lipinski definition) is 3. The molecule has 1 aromatic heterocycles. The molecule has 15 heavy (non-hydrogen) atoms. The standard InChI is InChI=1S/C11H17N3O/c1-7-13-10(6-11(15)14-7)8-4-2-3-5-9(8)12/h6,8-9H,2-5,12H2,1H3,(H,13,14,15). The summed E-state index contributed by atoms with van der Waals surface area (Å²) < 4.78 is 0. The summed E-state index contributed by atoms with van der Waals surface area (Å²) in [4.78, 5) is 18.4. The summed E-state index contributed by atoms with van der Waals surface area (Å²) in [5.74, 6) is 0.940. The summed E-state index contributed by atoms with van der Waals surface area (Å²) in [5, 5.41) is 0. The first-order valence-electron chi connectivity index (χ1n) is 5.50. The minimum Gasteiger partial charge on any atom is -0.327 e. The fraction of sp³-hybridized carbons (Fsp3) is 0.636. The Bertz CT molecular complexity index is 399. The highest BCUT2D eigenvalue weighted by molar-refractivity contribution is 5.12. The van der Waals surface area contributed by atoms with Crippen LogP contribution >= 0.6 is 0 Å². The van der Waals surface area contributed by atoms with Crippen LogP contribution in [0, 0.1) is 6.92 Å². The molecule has 0 amide bonds. The van der Waals surface area contributed by atoms with Gasteiger partial charge in [0.05, 0.1) is 5.69 Å². The molecular weight excluding hydrogens is 190 g/mol. The van der Waals surface area contributed by atoms with E-state index in [0.717, 1.165) is 18.5 Å². The van der Waals surface area contributed by atoms with Crippen molar-refractivity contribution in [2.45, 2.75) is 44.6 Å². The van der Waals surface area contributed by atoms with Crippen LogP contribution in [0.2, 0.25) is 0 Å². The van der Waals surface area contributed by atoms with E-state index >= 15 is 0 Å². The van der Waals surface area contributed by atoms with E-state index in [4.69, 9.17) is 5.73 Å². The van der Waals surface area contributed by atoms with Crippen molar-refractivity contribution in [1.82, 2.24) is 9.97 Å². The minimum absolute atomic E-state index is 0.0738. The fourth-order valence-electron chi connectivity index (χ4n) is 2.32. The van der Waals surface area contributed by atoms with Crippen molar-refractivity contribution in [3.63, 3.8) is 0 Å². The second-order valence-corrected chi connectivity index (χ2v) is 4.31. The molecule has 0 aromatic carbocycles. The van der Waals surface area contributed by atoms with Crippen LogP contribution in [0.1, 0.15) is 43.1 Å². The third-order valence-electron chi connectivity index (χ3n) is 3.08. The molecule has 4 nitrogen and oxygen atoms in total. The van der Waals surface area contributed by atoms with Crippen molar-refractivity contribution >= 4 is 0 Å². The Balaban J connectivity index is 2.31. The van der Waals surface area contributed by atoms with Gasteiger partial charge in [-0.1, -0.05) is 12.8 Å². The van der Waals surface area contributed by atoms with Crippen LogP contribution in [-0.4, -0.2) is 16.0 Å². The molecule has 1 aliphatic carbocycles. The smallest absolute Gasteiger partial charge is 0.251 e. The predicted octanol–water partition coefficient (Wildman–Crippen LogP) is 1.06. The van der Waals surface area contributed by atoms with Gasteiger partial charge in [-0.2, -0.15) is 0 Å². The Labute approximate surface area is 88.9 Å². The molecule has 0 bridgehead atoms. The molecule has 3 N–H and O–H groups in total. The van der Waals surface area contributed by atoms with Crippen molar-refractivity contribution in [3.05, 3.63) is 27.9 Å². The maximum atomic E-state index is 11.3. The van der Waals surface area contributed by atoms with Crippen molar-refractivity contribution in [2.24, 2.45) is 5.73 Å². The van der Waals surface area contributed by atoms with Crippen LogP contribution in [0.15, 0.2) is 10.9 Å². The lowest BCUT2D eigenvalue weighted by Crippen LogP contribution is -2.32. The molecule has 0 aliphatic heterocycles. The second-order valence-electron chi connectivity index (χ2n) is 4.31.